The van der Waals surface area contributed by atoms with Gasteiger partial charge in [0.15, 0.2) is 0 Å². The number of aromatic amines is 1. The topological polar surface area (TPSA) is 135 Å². The molecule has 3 N–H and O–H groups in total. The normalized spacial score (nSPS) is 11.2. The van der Waals surface area contributed by atoms with Crippen molar-refractivity contribution in [3.05, 3.63) is 59.2 Å². The lowest BCUT2D eigenvalue weighted by molar-refractivity contribution is 0.0952. The molecule has 0 spiro atoms. The summed E-state index contributed by atoms with van der Waals surface area (Å²) < 4.78 is 26.6. The minimum absolute atomic E-state index is 0. The van der Waals surface area contributed by atoms with Crippen molar-refractivity contribution >= 4 is 34.3 Å². The predicted molar refractivity (Wildman–Crippen MR) is 148 cm³/mol. The summed E-state index contributed by atoms with van der Waals surface area (Å²) in [6.45, 7) is 3.25. The Labute approximate surface area is 225 Å². The number of aryl methyl sites for hydroxylation is 3. The van der Waals surface area contributed by atoms with E-state index in [1.54, 1.807) is 10.9 Å². The zero-order valence-corrected chi connectivity index (χ0v) is 23.2. The third-order valence-electron chi connectivity index (χ3n) is 5.79. The van der Waals surface area contributed by atoms with Gasteiger partial charge in [-0.1, -0.05) is 43.5 Å². The minimum atomic E-state index is -3.33. The number of H-pyrrole nitrogens is 1. The average molecular weight is 552 g/mol. The zero-order valence-electron chi connectivity index (χ0n) is 21.6. The molecular weight excluding hydrogens is 514 g/mol. The molecule has 0 aliphatic heterocycles. The first-order chi connectivity index (χ1) is 17.3. The van der Waals surface area contributed by atoms with Gasteiger partial charge in [0.1, 0.15) is 0 Å². The summed E-state index contributed by atoms with van der Waals surface area (Å²) >= 11 is 0. The monoisotopic (exact) mass is 551 g/mol. The number of benzene rings is 1. The van der Waals surface area contributed by atoms with Crippen LogP contribution in [-0.2, 0) is 35.8 Å². The average Bonchev–Trinajstić information content (AvgIpc) is 3.47. The van der Waals surface area contributed by atoms with Gasteiger partial charge in [0.2, 0.25) is 16.0 Å². The van der Waals surface area contributed by atoms with Gasteiger partial charge in [-0.25, -0.2) is 13.4 Å². The van der Waals surface area contributed by atoms with E-state index in [4.69, 9.17) is 0 Å². The first kappa shape index (κ1) is 30.3. The zero-order chi connectivity index (χ0) is 25.8. The molecule has 10 nitrogen and oxygen atoms in total. The summed E-state index contributed by atoms with van der Waals surface area (Å²) in [5.41, 5.74) is 3.78. The van der Waals surface area contributed by atoms with Crippen molar-refractivity contribution < 1.29 is 13.2 Å². The van der Waals surface area contributed by atoms with Gasteiger partial charge in [0.05, 0.1) is 24.7 Å². The maximum atomic E-state index is 12.4. The van der Waals surface area contributed by atoms with Crippen LogP contribution in [0.3, 0.4) is 0 Å². The van der Waals surface area contributed by atoms with E-state index in [1.165, 1.54) is 24.8 Å². The van der Waals surface area contributed by atoms with Crippen LogP contribution in [0.2, 0.25) is 0 Å². The van der Waals surface area contributed by atoms with Crippen molar-refractivity contribution in [2.45, 2.75) is 71.3 Å². The number of amides is 1. The molecule has 3 rings (SSSR count). The van der Waals surface area contributed by atoms with E-state index in [-0.39, 0.29) is 24.3 Å². The van der Waals surface area contributed by atoms with E-state index in [2.05, 4.69) is 37.2 Å². The molecule has 0 aliphatic rings. The lowest BCUT2D eigenvalue weighted by Crippen LogP contribution is -2.27. The van der Waals surface area contributed by atoms with Crippen molar-refractivity contribution in [1.82, 2.24) is 30.3 Å². The number of imidazole rings is 1. The molecule has 0 fully saturated rings. The summed E-state index contributed by atoms with van der Waals surface area (Å²) in [6.07, 6.45) is 13.9. The fourth-order valence-corrected chi connectivity index (χ4v) is 4.32. The van der Waals surface area contributed by atoms with Gasteiger partial charge in [-0.3, -0.25) is 14.2 Å². The molecule has 1 amide bonds. The molecule has 0 aliphatic carbocycles. The number of unbranched alkanes of at least 4 members (excludes halogenated alkanes) is 4. The van der Waals surface area contributed by atoms with Gasteiger partial charge < -0.3 is 10.3 Å². The first-order valence-corrected chi connectivity index (χ1v) is 14.5. The SMILES string of the molecule is CCCCCc1ccc(C(=O)NCCn2cc(CCCCCc3cnc(NS(C)(=O)=O)[nH]3)nn2)cc1.Cl. The number of carbonyl (C=O) groups is 1. The van der Waals surface area contributed by atoms with E-state index >= 15 is 0 Å². The molecule has 204 valence electrons. The van der Waals surface area contributed by atoms with Crippen LogP contribution >= 0.6 is 12.4 Å². The number of sulfonamides is 1. The first-order valence-electron chi connectivity index (χ1n) is 12.6. The van der Waals surface area contributed by atoms with Crippen LogP contribution in [0.1, 0.15) is 72.8 Å². The number of rotatable bonds is 16. The Morgan fingerprint density at radius 3 is 2.49 bits per heavy atom. The number of nitrogens with one attached hydrogen (secondary N) is 3. The molecule has 3 aromatic rings. The summed E-state index contributed by atoms with van der Waals surface area (Å²) in [6, 6.07) is 7.86. The number of nitrogens with zero attached hydrogens (tertiary/aromatic N) is 4. The molecule has 12 heteroatoms. The van der Waals surface area contributed by atoms with Crippen LogP contribution in [-0.4, -0.2) is 52.1 Å². The quantitative estimate of drug-likeness (QED) is 0.231. The van der Waals surface area contributed by atoms with E-state index in [0.717, 1.165) is 56.2 Å². The van der Waals surface area contributed by atoms with Crippen molar-refractivity contribution in [3.63, 3.8) is 0 Å². The molecule has 0 radical (unpaired) electrons. The van der Waals surface area contributed by atoms with Gasteiger partial charge >= 0.3 is 0 Å². The highest BCUT2D eigenvalue weighted by Crippen LogP contribution is 2.11. The Kier molecular flexibility index (Phi) is 12.6. The van der Waals surface area contributed by atoms with Crippen LogP contribution in [0.4, 0.5) is 5.95 Å². The summed E-state index contributed by atoms with van der Waals surface area (Å²) in [5, 5.41) is 11.3. The molecule has 0 saturated carbocycles. The summed E-state index contributed by atoms with van der Waals surface area (Å²) in [5.74, 6) is 0.169. The molecule has 2 heterocycles. The lowest BCUT2D eigenvalue weighted by Gasteiger charge is -2.06. The van der Waals surface area contributed by atoms with Crippen LogP contribution in [0, 0.1) is 0 Å². The highest BCUT2D eigenvalue weighted by molar-refractivity contribution is 7.91. The Morgan fingerprint density at radius 2 is 1.76 bits per heavy atom. The maximum Gasteiger partial charge on any atom is 0.251 e. The number of aromatic nitrogens is 5. The summed E-state index contributed by atoms with van der Waals surface area (Å²) in [4.78, 5) is 19.4. The molecule has 0 unspecified atom stereocenters. The Hall–Kier alpha value is -2.92. The second-order valence-electron chi connectivity index (χ2n) is 9.07. The second-order valence-corrected chi connectivity index (χ2v) is 10.8. The summed E-state index contributed by atoms with van der Waals surface area (Å²) in [7, 11) is -3.33. The fraction of sp³-hybridized carbons (Fsp3) is 0.520. The van der Waals surface area contributed by atoms with Gasteiger partial charge in [0.25, 0.3) is 5.91 Å². The van der Waals surface area contributed by atoms with Crippen molar-refractivity contribution in [3.8, 4) is 0 Å². The number of carbonyl (C=O) groups excluding carboxylic acids is 1. The maximum absolute atomic E-state index is 12.4. The highest BCUT2D eigenvalue weighted by atomic mass is 35.5. The molecular formula is C25H38ClN7O3S. The van der Waals surface area contributed by atoms with E-state index < -0.39 is 10.0 Å². The largest absolute Gasteiger partial charge is 0.350 e. The Balaban J connectivity index is 0.00000481. The number of hydrogen-bond donors (Lipinski definition) is 3. The smallest absolute Gasteiger partial charge is 0.251 e. The number of halogens is 1. The van der Waals surface area contributed by atoms with Crippen LogP contribution in [0.15, 0.2) is 36.7 Å². The van der Waals surface area contributed by atoms with E-state index in [9.17, 15) is 13.2 Å². The fourth-order valence-electron chi connectivity index (χ4n) is 3.86. The Bertz CT molecular complexity index is 1190. The predicted octanol–water partition coefficient (Wildman–Crippen LogP) is 3.91. The third-order valence-corrected chi connectivity index (χ3v) is 6.35. The molecule has 37 heavy (non-hydrogen) atoms. The molecule has 0 saturated heterocycles. The van der Waals surface area contributed by atoms with Crippen molar-refractivity contribution in [2.75, 3.05) is 17.5 Å². The van der Waals surface area contributed by atoms with Crippen molar-refractivity contribution in [1.29, 1.82) is 0 Å². The van der Waals surface area contributed by atoms with Crippen LogP contribution < -0.4 is 10.0 Å². The standard InChI is InChI=1S/C25H37N7O3S.ClH/c1-3-4-6-9-20-12-14-21(15-13-20)24(33)26-16-17-32-19-23(29-31-32)11-8-5-7-10-22-18-27-25(28-22)30-36(2,34)35;/h12-15,18-19H,3-11,16-17H2,1-2H3,(H,26,33)(H2,27,28,30);1H. The van der Waals surface area contributed by atoms with Crippen molar-refractivity contribution in [2.24, 2.45) is 0 Å². The van der Waals surface area contributed by atoms with Crippen LogP contribution in [0.5, 0.6) is 0 Å². The highest BCUT2D eigenvalue weighted by Gasteiger charge is 2.08. The Morgan fingerprint density at radius 1 is 1.03 bits per heavy atom. The van der Waals surface area contributed by atoms with Gasteiger partial charge in [-0.05, 0) is 56.2 Å². The third kappa shape index (κ3) is 11.3. The molecule has 1 aromatic carbocycles. The number of anilines is 1. The van der Waals surface area contributed by atoms with Gasteiger partial charge in [-0.15, -0.1) is 17.5 Å². The second kappa shape index (κ2) is 15.4. The van der Waals surface area contributed by atoms with Crippen LogP contribution in [0.25, 0.3) is 0 Å². The molecule has 2 aromatic heterocycles. The van der Waals surface area contributed by atoms with E-state index in [1.807, 2.05) is 30.5 Å². The van der Waals surface area contributed by atoms with Gasteiger partial charge in [-0.2, -0.15) is 0 Å². The van der Waals surface area contributed by atoms with E-state index in [0.29, 0.717) is 18.7 Å². The molecule has 0 bridgehead atoms. The molecule has 0 atom stereocenters. The minimum Gasteiger partial charge on any atom is -0.350 e. The lowest BCUT2D eigenvalue weighted by atomic mass is 10.1. The van der Waals surface area contributed by atoms with Gasteiger partial charge in [0, 0.05) is 24.0 Å². The number of hydrogen-bond acceptors (Lipinski definition) is 6.